The van der Waals surface area contributed by atoms with E-state index in [2.05, 4.69) is 15.3 Å². The van der Waals surface area contributed by atoms with Crippen LogP contribution in [0.5, 0.6) is 0 Å². The number of nitrogens with one attached hydrogen (secondary N) is 2. The van der Waals surface area contributed by atoms with Gasteiger partial charge in [-0.1, -0.05) is 0 Å². The molecule has 0 radical (unpaired) electrons. The smallest absolute Gasteiger partial charge is 0.335 e. The van der Waals surface area contributed by atoms with Crippen LogP contribution in [0.1, 0.15) is 39.3 Å². The van der Waals surface area contributed by atoms with E-state index in [0.29, 0.717) is 19.4 Å². The number of hydrogen-bond acceptors (Lipinski definition) is 5. The first-order chi connectivity index (χ1) is 9.85. The van der Waals surface area contributed by atoms with Crippen molar-refractivity contribution in [1.82, 2.24) is 15.3 Å². The first-order valence-electron chi connectivity index (χ1n) is 6.98. The number of esters is 1. The normalized spacial score (nSPS) is 22.0. The maximum Gasteiger partial charge on any atom is 0.335 e. The van der Waals surface area contributed by atoms with E-state index in [1.54, 1.807) is 33.3 Å². The molecule has 1 aliphatic heterocycles. The van der Waals surface area contributed by atoms with Crippen LogP contribution in [0.3, 0.4) is 0 Å². The Labute approximate surface area is 123 Å². The minimum absolute atomic E-state index is 0.226. The Bertz CT molecular complexity index is 493. The highest BCUT2D eigenvalue weighted by molar-refractivity contribution is 5.83. The minimum atomic E-state index is -0.660. The summed E-state index contributed by atoms with van der Waals surface area (Å²) in [5, 5.41) is 2.75. The zero-order valence-electron chi connectivity index (χ0n) is 12.5. The second-order valence-electron chi connectivity index (χ2n) is 6.02. The Morgan fingerprint density at radius 3 is 2.76 bits per heavy atom. The number of carbonyl (C=O) groups excluding carboxylic acids is 2. The van der Waals surface area contributed by atoms with Crippen molar-refractivity contribution in [1.29, 1.82) is 0 Å². The quantitative estimate of drug-likeness (QED) is 0.806. The maximum absolute atomic E-state index is 12.0. The van der Waals surface area contributed by atoms with Gasteiger partial charge < -0.3 is 19.8 Å². The summed E-state index contributed by atoms with van der Waals surface area (Å²) in [4.78, 5) is 30.6. The number of rotatable bonds is 4. The van der Waals surface area contributed by atoms with Gasteiger partial charge in [-0.15, -0.1) is 0 Å². The molecule has 2 atom stereocenters. The molecule has 0 saturated carbocycles. The lowest BCUT2D eigenvalue weighted by molar-refractivity contribution is -0.168. The number of aromatic amines is 1. The van der Waals surface area contributed by atoms with Crippen molar-refractivity contribution in [3.63, 3.8) is 0 Å². The van der Waals surface area contributed by atoms with Gasteiger partial charge >= 0.3 is 5.97 Å². The highest BCUT2D eigenvalue weighted by Crippen LogP contribution is 2.22. The third-order valence-corrected chi connectivity index (χ3v) is 2.99. The van der Waals surface area contributed by atoms with E-state index < -0.39 is 23.8 Å². The van der Waals surface area contributed by atoms with Crippen molar-refractivity contribution in [3.05, 3.63) is 18.2 Å². The number of imidazole rings is 1. The van der Waals surface area contributed by atoms with Gasteiger partial charge in [0.1, 0.15) is 11.7 Å². The minimum Gasteiger partial charge on any atom is -0.458 e. The fourth-order valence-corrected chi connectivity index (χ4v) is 2.05. The van der Waals surface area contributed by atoms with Gasteiger partial charge in [-0.25, -0.2) is 9.78 Å². The molecule has 7 heteroatoms. The van der Waals surface area contributed by atoms with Crippen LogP contribution in [0.4, 0.5) is 0 Å². The van der Waals surface area contributed by atoms with Gasteiger partial charge in [-0.05, 0) is 33.6 Å². The molecule has 1 aliphatic rings. The van der Waals surface area contributed by atoms with E-state index in [-0.39, 0.29) is 5.91 Å². The van der Waals surface area contributed by atoms with Crippen LogP contribution in [0.2, 0.25) is 0 Å². The average molecular weight is 295 g/mol. The van der Waals surface area contributed by atoms with Crippen molar-refractivity contribution in [2.24, 2.45) is 0 Å². The standard InChI is InChI=1S/C14H21N3O4/c1-14(2,3)21-13(19)11-5-4-10(20-11)12(18)16-7-9-6-15-8-17-9/h6,8,10-11H,4-5,7H2,1-3H3,(H,15,17)(H,16,18)/t10-,11+/m1/s1. The highest BCUT2D eigenvalue weighted by atomic mass is 16.6. The van der Waals surface area contributed by atoms with E-state index in [0.717, 1.165) is 5.69 Å². The van der Waals surface area contributed by atoms with E-state index in [1.165, 1.54) is 0 Å². The number of carbonyl (C=O) groups is 2. The maximum atomic E-state index is 12.0. The average Bonchev–Trinajstić information content (AvgIpc) is 3.05. The van der Waals surface area contributed by atoms with Crippen LogP contribution < -0.4 is 5.32 Å². The molecular weight excluding hydrogens is 274 g/mol. The summed E-state index contributed by atoms with van der Waals surface area (Å²) in [5.41, 5.74) is 0.256. The summed E-state index contributed by atoms with van der Waals surface area (Å²) in [5.74, 6) is -0.637. The van der Waals surface area contributed by atoms with Gasteiger partial charge in [-0.2, -0.15) is 0 Å². The molecule has 0 unspecified atom stereocenters. The summed E-state index contributed by atoms with van der Waals surface area (Å²) in [6, 6.07) is 0. The summed E-state index contributed by atoms with van der Waals surface area (Å²) in [6.07, 6.45) is 2.93. The van der Waals surface area contributed by atoms with Crippen molar-refractivity contribution in [2.75, 3.05) is 0 Å². The highest BCUT2D eigenvalue weighted by Gasteiger charge is 2.37. The lowest BCUT2D eigenvalue weighted by Gasteiger charge is -2.22. The number of nitrogens with zero attached hydrogens (tertiary/aromatic N) is 1. The number of hydrogen-bond donors (Lipinski definition) is 2. The summed E-state index contributed by atoms with van der Waals surface area (Å²) in [7, 11) is 0. The van der Waals surface area contributed by atoms with E-state index in [1.807, 2.05) is 0 Å². The molecule has 0 spiro atoms. The summed E-state index contributed by atoms with van der Waals surface area (Å²) >= 11 is 0. The summed E-state index contributed by atoms with van der Waals surface area (Å²) in [6.45, 7) is 5.76. The second-order valence-corrected chi connectivity index (χ2v) is 6.02. The predicted octanol–water partition coefficient (Wildman–Crippen LogP) is 0.915. The Hall–Kier alpha value is -1.89. The molecule has 1 aromatic heterocycles. The number of ether oxygens (including phenoxy) is 2. The van der Waals surface area contributed by atoms with Gasteiger partial charge in [0.25, 0.3) is 0 Å². The molecule has 2 N–H and O–H groups in total. The first kappa shape index (κ1) is 15.5. The number of aromatic nitrogens is 2. The molecular formula is C14H21N3O4. The molecule has 0 bridgehead atoms. The zero-order valence-corrected chi connectivity index (χ0v) is 12.5. The van der Waals surface area contributed by atoms with Gasteiger partial charge in [0.15, 0.2) is 6.10 Å². The van der Waals surface area contributed by atoms with E-state index >= 15 is 0 Å². The monoisotopic (exact) mass is 295 g/mol. The molecule has 116 valence electrons. The Morgan fingerprint density at radius 2 is 2.14 bits per heavy atom. The van der Waals surface area contributed by atoms with Crippen molar-refractivity contribution in [3.8, 4) is 0 Å². The molecule has 1 fully saturated rings. The van der Waals surface area contributed by atoms with Gasteiger partial charge in [-0.3, -0.25) is 4.79 Å². The first-order valence-corrected chi connectivity index (χ1v) is 6.98. The Balaban J connectivity index is 1.78. The van der Waals surface area contributed by atoms with Gasteiger partial charge in [0, 0.05) is 6.20 Å². The number of amides is 1. The topological polar surface area (TPSA) is 93.3 Å². The van der Waals surface area contributed by atoms with Crippen LogP contribution in [0.25, 0.3) is 0 Å². The van der Waals surface area contributed by atoms with Crippen LogP contribution >= 0.6 is 0 Å². The Morgan fingerprint density at radius 1 is 1.43 bits per heavy atom. The van der Waals surface area contributed by atoms with Crippen LogP contribution in [0, 0.1) is 0 Å². The molecule has 0 aromatic carbocycles. The van der Waals surface area contributed by atoms with E-state index in [9.17, 15) is 9.59 Å². The van der Waals surface area contributed by atoms with E-state index in [4.69, 9.17) is 9.47 Å². The SMILES string of the molecule is CC(C)(C)OC(=O)[C@@H]1CC[C@H](C(=O)NCc2cnc[nH]2)O1. The van der Waals surface area contributed by atoms with Crippen LogP contribution in [0.15, 0.2) is 12.5 Å². The van der Waals surface area contributed by atoms with Crippen molar-refractivity contribution < 1.29 is 19.1 Å². The molecule has 1 amide bonds. The van der Waals surface area contributed by atoms with Crippen LogP contribution in [-0.4, -0.2) is 39.7 Å². The fourth-order valence-electron chi connectivity index (χ4n) is 2.05. The molecule has 1 saturated heterocycles. The van der Waals surface area contributed by atoms with Gasteiger partial charge in [0.2, 0.25) is 5.91 Å². The third kappa shape index (κ3) is 4.56. The van der Waals surface area contributed by atoms with Crippen molar-refractivity contribution >= 4 is 11.9 Å². The summed E-state index contributed by atoms with van der Waals surface area (Å²) < 4.78 is 10.7. The largest absolute Gasteiger partial charge is 0.458 e. The van der Waals surface area contributed by atoms with Crippen LogP contribution in [-0.2, 0) is 25.6 Å². The lowest BCUT2D eigenvalue weighted by Crippen LogP contribution is -2.36. The molecule has 2 rings (SSSR count). The molecule has 1 aromatic rings. The Kier molecular flexibility index (Phi) is 4.62. The second kappa shape index (κ2) is 6.26. The lowest BCUT2D eigenvalue weighted by atomic mass is 10.1. The third-order valence-electron chi connectivity index (χ3n) is 2.99. The molecule has 21 heavy (non-hydrogen) atoms. The molecule has 7 nitrogen and oxygen atoms in total. The molecule has 0 aliphatic carbocycles. The zero-order chi connectivity index (χ0) is 15.5. The number of H-pyrrole nitrogens is 1. The predicted molar refractivity (Wildman–Crippen MR) is 74.2 cm³/mol. The van der Waals surface area contributed by atoms with Gasteiger partial charge in [0.05, 0.1) is 18.6 Å². The van der Waals surface area contributed by atoms with Crippen molar-refractivity contribution in [2.45, 2.75) is 58.0 Å². The fraction of sp³-hybridized carbons (Fsp3) is 0.643. The molecule has 2 heterocycles.